The molecule has 0 aliphatic heterocycles. The maximum atomic E-state index is 15.2. The van der Waals surface area contributed by atoms with Crippen LogP contribution in [0, 0.1) is 11.6 Å². The van der Waals surface area contributed by atoms with Crippen molar-refractivity contribution in [3.05, 3.63) is 306 Å². The zero-order valence-electron chi connectivity index (χ0n) is 39.2. The monoisotopic (exact) mass is 925 g/mol. The van der Waals surface area contributed by atoms with Gasteiger partial charge in [0, 0.05) is 22.4 Å². The molecule has 0 saturated carbocycles. The SMILES string of the molecule is Fc1ccc(N(c2ccccc2)c2ccc3c(c2)C(c2ccccc2)(c2ccccc2)c2cc(C=Cc4ccc(-c5c6ccccc6c(-c6ccc(F)c7ccccc67)c6ccccc56)cc4)ccc2-3)cc1. The van der Waals surface area contributed by atoms with Crippen LogP contribution in [0.2, 0.25) is 0 Å². The van der Waals surface area contributed by atoms with E-state index >= 15 is 4.39 Å². The van der Waals surface area contributed by atoms with Gasteiger partial charge in [-0.1, -0.05) is 212 Å². The first-order valence-electron chi connectivity index (χ1n) is 24.5. The van der Waals surface area contributed by atoms with Crippen molar-refractivity contribution >= 4 is 61.5 Å². The molecular weight excluding hydrogens is 881 g/mol. The number of nitrogens with zero attached hydrogens (tertiary/aromatic N) is 1. The Hall–Kier alpha value is -9.18. The van der Waals surface area contributed by atoms with Crippen molar-refractivity contribution in [2.45, 2.75) is 5.41 Å². The molecule has 0 aromatic heterocycles. The van der Waals surface area contributed by atoms with Crippen LogP contribution in [-0.2, 0) is 5.41 Å². The molecule has 72 heavy (non-hydrogen) atoms. The van der Waals surface area contributed by atoms with E-state index in [-0.39, 0.29) is 11.6 Å². The predicted octanol–water partition coefficient (Wildman–Crippen LogP) is 18.8. The van der Waals surface area contributed by atoms with Crippen LogP contribution in [0.4, 0.5) is 25.8 Å². The molecule has 3 heteroatoms. The lowest BCUT2D eigenvalue weighted by Gasteiger charge is -2.35. The molecule has 0 heterocycles. The van der Waals surface area contributed by atoms with Gasteiger partial charge in [0.2, 0.25) is 0 Å². The second-order valence-corrected chi connectivity index (χ2v) is 18.6. The van der Waals surface area contributed by atoms with Crippen LogP contribution in [0.3, 0.4) is 0 Å². The molecule has 13 rings (SSSR count). The Kier molecular flexibility index (Phi) is 10.5. The predicted molar refractivity (Wildman–Crippen MR) is 297 cm³/mol. The molecule has 0 bridgehead atoms. The van der Waals surface area contributed by atoms with E-state index < -0.39 is 5.41 Å². The number of hydrogen-bond donors (Lipinski definition) is 0. The molecule has 12 aromatic carbocycles. The third-order valence-electron chi connectivity index (χ3n) is 14.7. The molecule has 1 nitrogen and oxygen atoms in total. The zero-order valence-corrected chi connectivity index (χ0v) is 39.2. The standard InChI is InChI=1S/C69H45F2N/c70-51-35-37-53(38-36-51)72(52-20-8-3-9-21-52)54-39-41-57-56-40-32-47(44-64(56)69(65(57)45-54,49-16-4-1-5-17-49)50-18-6-2-7-19-50)29-28-46-30-33-48(34-31-46)67-59-24-12-14-26-61(59)68(62-27-15-13-25-60(62)67)63-42-43-66(71)58-23-11-10-22-55(58)63/h1-45H. The van der Waals surface area contributed by atoms with Gasteiger partial charge in [0.1, 0.15) is 11.6 Å². The van der Waals surface area contributed by atoms with Crippen LogP contribution in [-0.4, -0.2) is 0 Å². The molecule has 12 aromatic rings. The Balaban J connectivity index is 0.913. The molecule has 1 aliphatic rings. The van der Waals surface area contributed by atoms with Crippen molar-refractivity contribution in [1.82, 2.24) is 0 Å². The lowest BCUT2D eigenvalue weighted by molar-refractivity contribution is 0.628. The van der Waals surface area contributed by atoms with Crippen LogP contribution < -0.4 is 4.90 Å². The van der Waals surface area contributed by atoms with Gasteiger partial charge in [-0.05, 0) is 154 Å². The maximum absolute atomic E-state index is 15.2. The van der Waals surface area contributed by atoms with Gasteiger partial charge in [-0.2, -0.15) is 0 Å². The van der Waals surface area contributed by atoms with Crippen LogP contribution in [0.5, 0.6) is 0 Å². The highest BCUT2D eigenvalue weighted by molar-refractivity contribution is 6.23. The molecule has 340 valence electrons. The highest BCUT2D eigenvalue weighted by Crippen LogP contribution is 2.58. The number of benzene rings is 12. The summed E-state index contributed by atoms with van der Waals surface area (Å²) >= 11 is 0. The van der Waals surface area contributed by atoms with E-state index in [2.05, 4.69) is 199 Å². The fraction of sp³-hybridized carbons (Fsp3) is 0.0145. The minimum atomic E-state index is -0.648. The molecular formula is C69H45F2N. The van der Waals surface area contributed by atoms with Gasteiger partial charge in [0.15, 0.2) is 0 Å². The van der Waals surface area contributed by atoms with Crippen molar-refractivity contribution in [3.8, 4) is 33.4 Å². The quantitative estimate of drug-likeness (QED) is 0.103. The molecule has 0 fully saturated rings. The first kappa shape index (κ1) is 42.9. The lowest BCUT2D eigenvalue weighted by Crippen LogP contribution is -2.28. The summed E-state index contributed by atoms with van der Waals surface area (Å²) in [6.07, 6.45) is 4.43. The molecule has 0 spiro atoms. The maximum Gasteiger partial charge on any atom is 0.131 e. The van der Waals surface area contributed by atoms with Gasteiger partial charge in [0.05, 0.1) is 5.41 Å². The summed E-state index contributed by atoms with van der Waals surface area (Å²) < 4.78 is 29.6. The number of rotatable bonds is 9. The van der Waals surface area contributed by atoms with Gasteiger partial charge >= 0.3 is 0 Å². The third kappa shape index (κ3) is 7.04. The Morgan fingerprint density at radius 1 is 0.319 bits per heavy atom. The number of anilines is 3. The van der Waals surface area contributed by atoms with E-state index in [4.69, 9.17) is 0 Å². The van der Waals surface area contributed by atoms with E-state index in [1.807, 2.05) is 60.7 Å². The summed E-state index contributed by atoms with van der Waals surface area (Å²) in [4.78, 5) is 2.21. The number of hydrogen-bond acceptors (Lipinski definition) is 1. The second kappa shape index (κ2) is 17.7. The van der Waals surface area contributed by atoms with E-state index in [1.165, 1.54) is 51.1 Å². The molecule has 0 radical (unpaired) electrons. The Morgan fingerprint density at radius 3 is 1.38 bits per heavy atom. The molecule has 0 amide bonds. The summed E-state index contributed by atoms with van der Waals surface area (Å²) in [5.41, 5.74) is 16.0. The first-order valence-corrected chi connectivity index (χ1v) is 24.5. The first-order chi connectivity index (χ1) is 35.5. The average molecular weight is 926 g/mol. The van der Waals surface area contributed by atoms with Crippen molar-refractivity contribution in [3.63, 3.8) is 0 Å². The largest absolute Gasteiger partial charge is 0.310 e. The molecule has 0 N–H and O–H groups in total. The van der Waals surface area contributed by atoms with E-state index in [0.717, 1.165) is 71.8 Å². The van der Waals surface area contributed by atoms with Crippen LogP contribution in [0.1, 0.15) is 33.4 Å². The molecule has 0 atom stereocenters. The van der Waals surface area contributed by atoms with E-state index in [0.29, 0.717) is 5.39 Å². The van der Waals surface area contributed by atoms with Crippen LogP contribution >= 0.6 is 0 Å². The summed E-state index contributed by atoms with van der Waals surface area (Å²) in [7, 11) is 0. The van der Waals surface area contributed by atoms with Gasteiger partial charge in [0.25, 0.3) is 0 Å². The summed E-state index contributed by atoms with van der Waals surface area (Å²) in [5, 5.41) is 6.08. The Bertz CT molecular complexity index is 3930. The molecule has 0 saturated heterocycles. The minimum absolute atomic E-state index is 0.215. The molecule has 1 aliphatic carbocycles. The third-order valence-corrected chi connectivity index (χ3v) is 14.7. The normalized spacial score (nSPS) is 12.6. The second-order valence-electron chi connectivity index (χ2n) is 18.6. The van der Waals surface area contributed by atoms with Gasteiger partial charge < -0.3 is 4.90 Å². The average Bonchev–Trinajstić information content (AvgIpc) is 3.73. The van der Waals surface area contributed by atoms with Crippen molar-refractivity contribution in [2.75, 3.05) is 4.90 Å². The van der Waals surface area contributed by atoms with Gasteiger partial charge in [-0.25, -0.2) is 8.78 Å². The topological polar surface area (TPSA) is 3.24 Å². The minimum Gasteiger partial charge on any atom is -0.310 e. The van der Waals surface area contributed by atoms with Crippen molar-refractivity contribution in [1.29, 1.82) is 0 Å². The van der Waals surface area contributed by atoms with E-state index in [9.17, 15) is 4.39 Å². The van der Waals surface area contributed by atoms with Gasteiger partial charge in [-0.15, -0.1) is 0 Å². The van der Waals surface area contributed by atoms with Crippen molar-refractivity contribution < 1.29 is 8.78 Å². The highest BCUT2D eigenvalue weighted by atomic mass is 19.1. The van der Waals surface area contributed by atoms with Gasteiger partial charge in [-0.3, -0.25) is 0 Å². The number of para-hydroxylation sites is 1. The fourth-order valence-electron chi connectivity index (χ4n) is 11.5. The van der Waals surface area contributed by atoms with Crippen LogP contribution in [0.15, 0.2) is 261 Å². The number of fused-ring (bicyclic) bond motifs is 6. The molecule has 0 unspecified atom stereocenters. The zero-order chi connectivity index (χ0) is 48.2. The van der Waals surface area contributed by atoms with Crippen LogP contribution in [0.25, 0.3) is 77.9 Å². The highest BCUT2D eigenvalue weighted by Gasteiger charge is 2.46. The smallest absolute Gasteiger partial charge is 0.131 e. The summed E-state index contributed by atoms with van der Waals surface area (Å²) in [5.74, 6) is -0.485. The Morgan fingerprint density at radius 2 is 0.764 bits per heavy atom. The summed E-state index contributed by atoms with van der Waals surface area (Å²) in [6, 6.07) is 89.8. The Labute approximate surface area is 417 Å². The number of halogens is 2. The fourth-order valence-corrected chi connectivity index (χ4v) is 11.5. The van der Waals surface area contributed by atoms with Crippen molar-refractivity contribution in [2.24, 2.45) is 0 Å². The lowest BCUT2D eigenvalue weighted by atomic mass is 9.67. The van der Waals surface area contributed by atoms with E-state index in [1.54, 1.807) is 6.07 Å². The summed E-state index contributed by atoms with van der Waals surface area (Å²) in [6.45, 7) is 0.